The molecule has 0 saturated heterocycles. The van der Waals surface area contributed by atoms with Gasteiger partial charge in [0.05, 0.1) is 27.3 Å². The van der Waals surface area contributed by atoms with Gasteiger partial charge < -0.3 is 10.4 Å². The second-order valence-electron chi connectivity index (χ2n) is 8.94. The molecule has 2 aromatic carbocycles. The molecule has 35 heavy (non-hydrogen) atoms. The molecule has 1 amide bonds. The average molecular weight is 529 g/mol. The van der Waals surface area contributed by atoms with E-state index in [0.717, 1.165) is 6.07 Å². The first kappa shape index (κ1) is 25.3. The van der Waals surface area contributed by atoms with Crippen LogP contribution in [0.5, 0.6) is 0 Å². The standard InChI is InChI=1S/C22H20ClF3N4O4S/c23-15-4-3-11(21(32)28-14-6-16(24)19(26)17(25)7-14)5-18(15)35(33,34)20-12-1-2-13(20)9-22(8-12,10-31)29-30-27/h3-7,12-13,20,31H,1-2,8-10H2,(H,28,32)/t12-,13?,20?,22?/m0/s1. The summed E-state index contributed by atoms with van der Waals surface area (Å²) in [6.07, 6.45) is 1.54. The van der Waals surface area contributed by atoms with Crippen LogP contribution >= 0.6 is 11.6 Å². The topological polar surface area (TPSA) is 132 Å². The van der Waals surface area contributed by atoms with E-state index >= 15 is 0 Å². The minimum absolute atomic E-state index is 0.103. The van der Waals surface area contributed by atoms with Gasteiger partial charge in [-0.15, -0.1) is 0 Å². The zero-order valence-corrected chi connectivity index (χ0v) is 19.7. The Morgan fingerprint density at radius 3 is 2.31 bits per heavy atom. The molecule has 4 rings (SSSR count). The van der Waals surface area contributed by atoms with Crippen molar-refractivity contribution in [2.75, 3.05) is 11.9 Å². The van der Waals surface area contributed by atoms with Gasteiger partial charge in [0, 0.05) is 28.3 Å². The maximum atomic E-state index is 13.7. The van der Waals surface area contributed by atoms with Gasteiger partial charge >= 0.3 is 0 Å². The van der Waals surface area contributed by atoms with E-state index in [9.17, 15) is 31.5 Å². The molecule has 2 saturated carbocycles. The molecule has 2 aromatic rings. The van der Waals surface area contributed by atoms with Crippen molar-refractivity contribution in [3.05, 3.63) is 68.8 Å². The molecule has 0 spiro atoms. The fraction of sp³-hybridized carbons (Fsp3) is 0.409. The molecule has 186 valence electrons. The van der Waals surface area contributed by atoms with E-state index in [0.29, 0.717) is 25.0 Å². The number of benzene rings is 2. The van der Waals surface area contributed by atoms with Crippen LogP contribution in [0.25, 0.3) is 10.4 Å². The predicted octanol–water partition coefficient (Wildman–Crippen LogP) is 5.01. The number of halogens is 4. The highest BCUT2D eigenvalue weighted by atomic mass is 35.5. The van der Waals surface area contributed by atoms with E-state index in [1.54, 1.807) is 0 Å². The fourth-order valence-corrected chi connectivity index (χ4v) is 8.16. The molecule has 0 aliphatic heterocycles. The summed E-state index contributed by atoms with van der Waals surface area (Å²) >= 11 is 6.21. The number of aliphatic hydroxyl groups is 1. The highest BCUT2D eigenvalue weighted by Crippen LogP contribution is 2.52. The van der Waals surface area contributed by atoms with Gasteiger partial charge in [0.2, 0.25) is 0 Å². The van der Waals surface area contributed by atoms with Crippen molar-refractivity contribution in [2.45, 2.75) is 41.4 Å². The lowest BCUT2D eigenvalue weighted by Crippen LogP contribution is -2.46. The summed E-state index contributed by atoms with van der Waals surface area (Å²) in [6.45, 7) is -0.391. The number of rotatable bonds is 6. The quantitative estimate of drug-likeness (QED) is 0.236. The van der Waals surface area contributed by atoms with Gasteiger partial charge in [0.1, 0.15) is 0 Å². The van der Waals surface area contributed by atoms with Crippen LogP contribution in [0.3, 0.4) is 0 Å². The molecule has 0 heterocycles. The number of carbonyl (C=O) groups excluding carboxylic acids is 1. The third-order valence-corrected chi connectivity index (χ3v) is 9.65. The Balaban J connectivity index is 1.64. The number of azide groups is 1. The normalized spacial score (nSPS) is 25.7. The van der Waals surface area contributed by atoms with Gasteiger partial charge in [-0.05, 0) is 61.2 Å². The SMILES string of the molecule is [N-]=[N+]=NC1(CO)CC2CC[C@@H](C1)C2S(=O)(=O)c1cc(C(=O)Nc2cc(F)c(F)c(F)c2)ccc1Cl. The summed E-state index contributed by atoms with van der Waals surface area (Å²) in [6, 6.07) is 4.77. The van der Waals surface area contributed by atoms with Crippen LogP contribution in [-0.2, 0) is 9.84 Å². The van der Waals surface area contributed by atoms with Gasteiger partial charge in [0.15, 0.2) is 27.3 Å². The molecular formula is C22H20ClF3N4O4S. The average Bonchev–Trinajstić information content (AvgIpc) is 3.10. The Labute approximate surface area is 203 Å². The van der Waals surface area contributed by atoms with E-state index in [1.165, 1.54) is 12.1 Å². The van der Waals surface area contributed by atoms with E-state index < -0.39 is 50.6 Å². The van der Waals surface area contributed by atoms with Gasteiger partial charge in [-0.25, -0.2) is 21.6 Å². The first-order chi connectivity index (χ1) is 16.5. The smallest absolute Gasteiger partial charge is 0.255 e. The first-order valence-electron chi connectivity index (χ1n) is 10.7. The minimum Gasteiger partial charge on any atom is -0.396 e. The van der Waals surface area contributed by atoms with Crippen LogP contribution in [0.1, 0.15) is 36.0 Å². The van der Waals surface area contributed by atoms with E-state index in [2.05, 4.69) is 15.3 Å². The summed E-state index contributed by atoms with van der Waals surface area (Å²) in [5, 5.41) is 14.8. The summed E-state index contributed by atoms with van der Waals surface area (Å²) < 4.78 is 67.5. The minimum atomic E-state index is -4.05. The van der Waals surface area contributed by atoms with Crippen molar-refractivity contribution in [1.82, 2.24) is 0 Å². The number of anilines is 1. The van der Waals surface area contributed by atoms with Gasteiger partial charge in [-0.1, -0.05) is 16.7 Å². The van der Waals surface area contributed by atoms with Crippen LogP contribution in [0.15, 0.2) is 40.3 Å². The number of aliphatic hydroxyl groups excluding tert-OH is 1. The first-order valence-corrected chi connectivity index (χ1v) is 12.6. The van der Waals surface area contributed by atoms with Gasteiger partial charge in [0.25, 0.3) is 5.91 Å². The lowest BCUT2D eigenvalue weighted by atomic mass is 9.76. The fourth-order valence-electron chi connectivity index (χ4n) is 5.32. The van der Waals surface area contributed by atoms with Crippen molar-refractivity contribution in [2.24, 2.45) is 17.0 Å². The summed E-state index contributed by atoms with van der Waals surface area (Å²) in [7, 11) is -4.05. The molecule has 0 aromatic heterocycles. The third kappa shape index (κ3) is 4.58. The molecule has 2 aliphatic rings. The Hall–Kier alpha value is -2.79. The molecule has 13 heteroatoms. The summed E-state index contributed by atoms with van der Waals surface area (Å²) in [4.78, 5) is 15.2. The van der Waals surface area contributed by atoms with Crippen molar-refractivity contribution in [1.29, 1.82) is 0 Å². The van der Waals surface area contributed by atoms with Crippen molar-refractivity contribution < 1.29 is 31.5 Å². The molecule has 2 bridgehead atoms. The lowest BCUT2D eigenvalue weighted by molar-refractivity contribution is 0.102. The highest BCUT2D eigenvalue weighted by molar-refractivity contribution is 7.92. The summed E-state index contributed by atoms with van der Waals surface area (Å²) in [5.74, 6) is -6.31. The molecule has 8 nitrogen and oxygen atoms in total. The molecular weight excluding hydrogens is 509 g/mol. The predicted molar refractivity (Wildman–Crippen MR) is 121 cm³/mol. The molecule has 2 N–H and O–H groups in total. The second-order valence-corrected chi connectivity index (χ2v) is 11.4. The van der Waals surface area contributed by atoms with E-state index in [-0.39, 0.29) is 45.8 Å². The maximum Gasteiger partial charge on any atom is 0.255 e. The number of sulfone groups is 1. The Bertz CT molecular complexity index is 1310. The molecule has 2 fully saturated rings. The van der Waals surface area contributed by atoms with Gasteiger partial charge in [-0.3, -0.25) is 4.79 Å². The van der Waals surface area contributed by atoms with Crippen molar-refractivity contribution >= 4 is 33.0 Å². The van der Waals surface area contributed by atoms with Crippen molar-refractivity contribution in [3.8, 4) is 0 Å². The molecule has 0 radical (unpaired) electrons. The zero-order chi connectivity index (χ0) is 25.5. The highest BCUT2D eigenvalue weighted by Gasteiger charge is 2.54. The number of nitrogens with one attached hydrogen (secondary N) is 1. The number of amides is 1. The maximum absolute atomic E-state index is 13.7. The number of hydrogen-bond donors (Lipinski definition) is 2. The Kier molecular flexibility index (Phi) is 6.76. The van der Waals surface area contributed by atoms with Crippen LogP contribution in [0.4, 0.5) is 18.9 Å². The Morgan fingerprint density at radius 1 is 1.17 bits per heavy atom. The number of hydrogen-bond acceptors (Lipinski definition) is 5. The molecule has 3 unspecified atom stereocenters. The summed E-state index contributed by atoms with van der Waals surface area (Å²) in [5.41, 5.74) is 7.34. The van der Waals surface area contributed by atoms with Crippen LogP contribution in [0, 0.1) is 29.3 Å². The molecule has 4 atom stereocenters. The van der Waals surface area contributed by atoms with E-state index in [1.807, 2.05) is 0 Å². The lowest BCUT2D eigenvalue weighted by Gasteiger charge is -2.40. The number of fused-ring (bicyclic) bond motifs is 2. The second kappa shape index (κ2) is 9.34. The number of nitrogens with zero attached hydrogens (tertiary/aromatic N) is 3. The largest absolute Gasteiger partial charge is 0.396 e. The number of carbonyl (C=O) groups is 1. The molecule has 2 aliphatic carbocycles. The van der Waals surface area contributed by atoms with Crippen LogP contribution in [-0.4, -0.2) is 36.8 Å². The Morgan fingerprint density at radius 2 is 1.77 bits per heavy atom. The van der Waals surface area contributed by atoms with E-state index in [4.69, 9.17) is 17.1 Å². The van der Waals surface area contributed by atoms with Crippen LogP contribution in [0.2, 0.25) is 5.02 Å². The van der Waals surface area contributed by atoms with Crippen molar-refractivity contribution in [3.63, 3.8) is 0 Å². The van der Waals surface area contributed by atoms with Gasteiger partial charge in [-0.2, -0.15) is 0 Å². The monoisotopic (exact) mass is 528 g/mol. The van der Waals surface area contributed by atoms with Crippen LogP contribution < -0.4 is 5.32 Å². The third-order valence-electron chi connectivity index (χ3n) is 6.77. The zero-order valence-electron chi connectivity index (χ0n) is 18.1.